The van der Waals surface area contributed by atoms with Gasteiger partial charge >= 0.3 is 0 Å². The maximum Gasteiger partial charge on any atom is 0.220 e. The zero-order valence-corrected chi connectivity index (χ0v) is 11.7. The molecule has 3 N–H and O–H groups in total. The lowest BCUT2D eigenvalue weighted by Gasteiger charge is -2.23. The predicted octanol–water partition coefficient (Wildman–Crippen LogP) is 2.45. The Kier molecular flexibility index (Phi) is 5.04. The van der Waals surface area contributed by atoms with Gasteiger partial charge in [0, 0.05) is 19.0 Å². The summed E-state index contributed by atoms with van der Waals surface area (Å²) in [5.74, 6) is 2.67. The molecule has 2 saturated carbocycles. The Morgan fingerprint density at radius 3 is 2.78 bits per heavy atom. The van der Waals surface area contributed by atoms with Gasteiger partial charge < -0.3 is 11.1 Å². The number of carbonyl (C=O) groups excluding carboxylic acids is 1. The Hall–Kier alpha value is -0.570. The molecule has 0 aromatic rings. The Morgan fingerprint density at radius 1 is 1.39 bits per heavy atom. The number of unbranched alkanes of at least 4 members (excludes halogenated alkanes) is 1. The molecule has 1 amide bonds. The first-order valence-electron chi connectivity index (χ1n) is 7.72. The molecule has 2 fully saturated rings. The Bertz CT molecular complexity index is 280. The summed E-state index contributed by atoms with van der Waals surface area (Å²) in [4.78, 5) is 12.0. The van der Waals surface area contributed by atoms with E-state index in [9.17, 15) is 4.79 Å². The summed E-state index contributed by atoms with van der Waals surface area (Å²) in [6.45, 7) is 2.74. The van der Waals surface area contributed by atoms with Crippen LogP contribution in [0, 0.1) is 17.8 Å². The zero-order valence-electron chi connectivity index (χ0n) is 11.7. The average molecular weight is 252 g/mol. The standard InChI is InChI=1S/C15H28N2O/c1-2-3-4-14(10-16)17-15(18)9-13-8-11-5-6-12(13)7-11/h11-14H,2-10,16H2,1H3,(H,17,18). The van der Waals surface area contributed by atoms with E-state index < -0.39 is 0 Å². The largest absolute Gasteiger partial charge is 0.352 e. The second kappa shape index (κ2) is 6.55. The fourth-order valence-electron chi connectivity index (χ4n) is 3.85. The van der Waals surface area contributed by atoms with Crippen LogP contribution in [0.5, 0.6) is 0 Å². The number of nitrogens with one attached hydrogen (secondary N) is 1. The molecule has 0 radical (unpaired) electrons. The molecular formula is C15H28N2O. The molecule has 0 aromatic heterocycles. The smallest absolute Gasteiger partial charge is 0.220 e. The fraction of sp³-hybridized carbons (Fsp3) is 0.933. The van der Waals surface area contributed by atoms with Gasteiger partial charge in [0.25, 0.3) is 0 Å². The number of nitrogens with two attached hydrogens (primary N) is 1. The van der Waals surface area contributed by atoms with E-state index in [1.807, 2.05) is 0 Å². The minimum Gasteiger partial charge on any atom is -0.352 e. The molecule has 2 aliphatic rings. The predicted molar refractivity (Wildman–Crippen MR) is 74.1 cm³/mol. The van der Waals surface area contributed by atoms with Gasteiger partial charge in [-0.3, -0.25) is 4.79 Å². The maximum atomic E-state index is 12.0. The van der Waals surface area contributed by atoms with Crippen LogP contribution in [-0.2, 0) is 4.79 Å². The number of carbonyl (C=O) groups is 1. The highest BCUT2D eigenvalue weighted by Gasteiger charge is 2.40. The summed E-state index contributed by atoms with van der Waals surface area (Å²) < 4.78 is 0. The van der Waals surface area contributed by atoms with E-state index in [0.29, 0.717) is 12.5 Å². The van der Waals surface area contributed by atoms with E-state index in [-0.39, 0.29) is 11.9 Å². The fourth-order valence-corrected chi connectivity index (χ4v) is 3.85. The van der Waals surface area contributed by atoms with E-state index in [4.69, 9.17) is 5.73 Å². The summed E-state index contributed by atoms with van der Waals surface area (Å²) in [6.07, 6.45) is 9.52. The molecule has 0 saturated heterocycles. The van der Waals surface area contributed by atoms with Crippen LogP contribution >= 0.6 is 0 Å². The Labute approximate surface area is 111 Å². The second-order valence-electron chi connectivity index (χ2n) is 6.28. The summed E-state index contributed by atoms with van der Waals surface area (Å²) in [5.41, 5.74) is 5.72. The lowest BCUT2D eigenvalue weighted by molar-refractivity contribution is -0.123. The minimum atomic E-state index is 0.191. The molecule has 2 aliphatic carbocycles. The minimum absolute atomic E-state index is 0.191. The maximum absolute atomic E-state index is 12.0. The molecule has 0 heterocycles. The van der Waals surface area contributed by atoms with Crippen molar-refractivity contribution in [3.8, 4) is 0 Å². The molecule has 3 nitrogen and oxygen atoms in total. The van der Waals surface area contributed by atoms with Crippen molar-refractivity contribution >= 4 is 5.91 Å². The van der Waals surface area contributed by atoms with Crippen LogP contribution in [0.2, 0.25) is 0 Å². The Balaban J connectivity index is 1.71. The average Bonchev–Trinajstić information content (AvgIpc) is 2.96. The molecule has 18 heavy (non-hydrogen) atoms. The van der Waals surface area contributed by atoms with Crippen molar-refractivity contribution in [2.45, 2.75) is 64.3 Å². The summed E-state index contributed by atoms with van der Waals surface area (Å²) >= 11 is 0. The molecule has 4 atom stereocenters. The number of hydrogen-bond acceptors (Lipinski definition) is 2. The van der Waals surface area contributed by atoms with Crippen molar-refractivity contribution in [1.82, 2.24) is 5.32 Å². The van der Waals surface area contributed by atoms with Crippen LogP contribution in [-0.4, -0.2) is 18.5 Å². The van der Waals surface area contributed by atoms with Crippen molar-refractivity contribution in [2.75, 3.05) is 6.54 Å². The van der Waals surface area contributed by atoms with Gasteiger partial charge in [0.05, 0.1) is 0 Å². The quantitative estimate of drug-likeness (QED) is 0.731. The van der Waals surface area contributed by atoms with Crippen LogP contribution in [0.15, 0.2) is 0 Å². The third kappa shape index (κ3) is 3.47. The van der Waals surface area contributed by atoms with E-state index >= 15 is 0 Å². The van der Waals surface area contributed by atoms with Crippen molar-refractivity contribution < 1.29 is 4.79 Å². The van der Waals surface area contributed by atoms with Crippen LogP contribution in [0.3, 0.4) is 0 Å². The summed E-state index contributed by atoms with van der Waals surface area (Å²) in [7, 11) is 0. The SMILES string of the molecule is CCCCC(CN)NC(=O)CC1CC2CCC1C2. The van der Waals surface area contributed by atoms with E-state index in [0.717, 1.165) is 31.1 Å². The molecule has 0 aliphatic heterocycles. The second-order valence-corrected chi connectivity index (χ2v) is 6.28. The van der Waals surface area contributed by atoms with Gasteiger partial charge in [-0.1, -0.05) is 26.2 Å². The van der Waals surface area contributed by atoms with Gasteiger partial charge in [0.15, 0.2) is 0 Å². The molecular weight excluding hydrogens is 224 g/mol. The van der Waals surface area contributed by atoms with Gasteiger partial charge in [-0.25, -0.2) is 0 Å². The lowest BCUT2D eigenvalue weighted by Crippen LogP contribution is -2.41. The van der Waals surface area contributed by atoms with Crippen molar-refractivity contribution in [3.63, 3.8) is 0 Å². The monoisotopic (exact) mass is 252 g/mol. The molecule has 0 spiro atoms. The topological polar surface area (TPSA) is 55.1 Å². The van der Waals surface area contributed by atoms with Crippen molar-refractivity contribution in [1.29, 1.82) is 0 Å². The van der Waals surface area contributed by atoms with E-state index in [1.54, 1.807) is 0 Å². The zero-order chi connectivity index (χ0) is 13.0. The van der Waals surface area contributed by atoms with Crippen LogP contribution in [0.1, 0.15) is 58.3 Å². The van der Waals surface area contributed by atoms with Crippen LogP contribution < -0.4 is 11.1 Å². The summed E-state index contributed by atoms with van der Waals surface area (Å²) in [5, 5.41) is 3.12. The van der Waals surface area contributed by atoms with Gasteiger partial charge in [0.1, 0.15) is 0 Å². The Morgan fingerprint density at radius 2 is 2.22 bits per heavy atom. The van der Waals surface area contributed by atoms with E-state index in [2.05, 4.69) is 12.2 Å². The number of hydrogen-bond donors (Lipinski definition) is 2. The molecule has 2 bridgehead atoms. The molecule has 2 rings (SSSR count). The molecule has 104 valence electrons. The first-order valence-corrected chi connectivity index (χ1v) is 7.72. The van der Waals surface area contributed by atoms with Crippen molar-refractivity contribution in [2.24, 2.45) is 23.5 Å². The molecule has 0 aromatic carbocycles. The van der Waals surface area contributed by atoms with Crippen molar-refractivity contribution in [3.05, 3.63) is 0 Å². The van der Waals surface area contributed by atoms with Gasteiger partial charge in [-0.05, 0) is 43.4 Å². The van der Waals surface area contributed by atoms with Gasteiger partial charge in [0.2, 0.25) is 5.91 Å². The number of rotatable bonds is 7. The first kappa shape index (κ1) is 13.9. The number of amides is 1. The summed E-state index contributed by atoms with van der Waals surface area (Å²) in [6, 6.07) is 0.191. The van der Waals surface area contributed by atoms with E-state index in [1.165, 1.54) is 32.1 Å². The third-order valence-electron chi connectivity index (χ3n) is 4.89. The third-order valence-corrected chi connectivity index (χ3v) is 4.89. The molecule has 3 heteroatoms. The number of fused-ring (bicyclic) bond motifs is 2. The highest BCUT2D eigenvalue weighted by atomic mass is 16.1. The molecule has 4 unspecified atom stereocenters. The first-order chi connectivity index (χ1) is 8.72. The lowest BCUT2D eigenvalue weighted by atomic mass is 9.86. The normalized spacial score (nSPS) is 31.6. The van der Waals surface area contributed by atoms with Gasteiger partial charge in [-0.2, -0.15) is 0 Å². The highest BCUT2D eigenvalue weighted by molar-refractivity contribution is 5.76. The highest BCUT2D eigenvalue weighted by Crippen LogP contribution is 2.49. The van der Waals surface area contributed by atoms with Gasteiger partial charge in [-0.15, -0.1) is 0 Å². The van der Waals surface area contributed by atoms with Crippen LogP contribution in [0.25, 0.3) is 0 Å². The van der Waals surface area contributed by atoms with Crippen LogP contribution in [0.4, 0.5) is 0 Å².